The summed E-state index contributed by atoms with van der Waals surface area (Å²) < 4.78 is 3.43. The van der Waals surface area contributed by atoms with E-state index in [1.165, 1.54) is 11.8 Å². The third-order valence-corrected chi connectivity index (χ3v) is 7.12. The van der Waals surface area contributed by atoms with Crippen LogP contribution in [-0.4, -0.2) is 35.7 Å². The van der Waals surface area contributed by atoms with Crippen molar-refractivity contribution in [3.63, 3.8) is 0 Å². The van der Waals surface area contributed by atoms with Crippen LogP contribution in [0.5, 0.6) is 0 Å². The second-order valence-corrected chi connectivity index (χ2v) is 9.44. The number of nitrogens with zero attached hydrogens (tertiary/aromatic N) is 4. The summed E-state index contributed by atoms with van der Waals surface area (Å²) in [4.78, 5) is 30.0. The molecule has 8 heteroatoms. The highest BCUT2D eigenvalue weighted by molar-refractivity contribution is 7.99. The monoisotopic (exact) mass is 479 g/mol. The van der Waals surface area contributed by atoms with E-state index in [1.807, 2.05) is 85.0 Å². The van der Waals surface area contributed by atoms with Crippen molar-refractivity contribution >= 4 is 45.1 Å². The Morgan fingerprint density at radius 1 is 0.914 bits per heavy atom. The summed E-state index contributed by atoms with van der Waals surface area (Å²) >= 11 is 1.32. The lowest BCUT2D eigenvalue weighted by molar-refractivity contribution is 0.102. The highest BCUT2D eigenvalue weighted by atomic mass is 32.2. The van der Waals surface area contributed by atoms with Crippen molar-refractivity contribution in [2.75, 3.05) is 5.75 Å². The predicted molar refractivity (Wildman–Crippen MR) is 139 cm³/mol. The lowest BCUT2D eigenvalue weighted by Gasteiger charge is -2.11. The molecule has 1 N–H and O–H groups in total. The van der Waals surface area contributed by atoms with Gasteiger partial charge in [0.1, 0.15) is 0 Å². The van der Waals surface area contributed by atoms with Crippen LogP contribution in [0.3, 0.4) is 0 Å². The van der Waals surface area contributed by atoms with Gasteiger partial charge in [-0.1, -0.05) is 59.8 Å². The third kappa shape index (κ3) is 3.45. The Hall–Kier alpha value is -4.17. The first kappa shape index (κ1) is 21.4. The van der Waals surface area contributed by atoms with Crippen LogP contribution in [0.25, 0.3) is 33.3 Å². The Bertz CT molecular complexity index is 1810. The minimum absolute atomic E-state index is 0.0119. The summed E-state index contributed by atoms with van der Waals surface area (Å²) in [5.41, 5.74) is 4.85. The van der Waals surface area contributed by atoms with Gasteiger partial charge in [0.05, 0.1) is 22.3 Å². The minimum atomic E-state index is -0.161. The summed E-state index contributed by atoms with van der Waals surface area (Å²) in [7, 11) is 0. The average Bonchev–Trinajstić information content (AvgIpc) is 3.44. The second kappa shape index (κ2) is 8.25. The number of fused-ring (bicyclic) bond motifs is 4. The van der Waals surface area contributed by atoms with E-state index in [9.17, 15) is 9.59 Å². The highest BCUT2D eigenvalue weighted by Gasteiger charge is 2.20. The van der Waals surface area contributed by atoms with Gasteiger partial charge in [-0.3, -0.25) is 14.0 Å². The maximum absolute atomic E-state index is 13.4. The zero-order valence-electron chi connectivity index (χ0n) is 19.1. The number of hydrogen-bond acceptors (Lipinski definition) is 5. The molecule has 3 aromatic carbocycles. The van der Waals surface area contributed by atoms with Gasteiger partial charge in [-0.25, -0.2) is 4.57 Å². The first-order chi connectivity index (χ1) is 17.0. The van der Waals surface area contributed by atoms with Crippen LogP contribution in [0.15, 0.2) is 82.7 Å². The van der Waals surface area contributed by atoms with E-state index < -0.39 is 0 Å². The van der Waals surface area contributed by atoms with Gasteiger partial charge < -0.3 is 4.98 Å². The molecule has 0 aliphatic heterocycles. The van der Waals surface area contributed by atoms with E-state index in [-0.39, 0.29) is 17.1 Å². The number of nitrogens with one attached hydrogen (secondary N) is 1. The third-order valence-electron chi connectivity index (χ3n) is 6.19. The topological polar surface area (TPSA) is 85.0 Å². The molecule has 6 aromatic rings. The molecule has 6 rings (SSSR count). The van der Waals surface area contributed by atoms with Crippen molar-refractivity contribution in [3.05, 3.63) is 100.0 Å². The molecule has 0 spiro atoms. The summed E-state index contributed by atoms with van der Waals surface area (Å²) in [6.07, 6.45) is 0. The van der Waals surface area contributed by atoms with Gasteiger partial charge in [-0.15, -0.1) is 10.2 Å². The summed E-state index contributed by atoms with van der Waals surface area (Å²) in [5, 5.41) is 10.8. The largest absolute Gasteiger partial charge is 0.358 e. The van der Waals surface area contributed by atoms with Crippen molar-refractivity contribution < 1.29 is 4.79 Å². The van der Waals surface area contributed by atoms with E-state index >= 15 is 0 Å². The van der Waals surface area contributed by atoms with E-state index in [0.717, 1.165) is 22.2 Å². The van der Waals surface area contributed by atoms with E-state index in [2.05, 4.69) is 15.2 Å². The van der Waals surface area contributed by atoms with Crippen LogP contribution in [0.2, 0.25) is 0 Å². The van der Waals surface area contributed by atoms with Crippen molar-refractivity contribution in [3.8, 4) is 5.69 Å². The number of aryl methyl sites for hydroxylation is 2. The molecule has 0 aliphatic rings. The number of aromatic amines is 1. The number of carbonyl (C=O) groups excluding carboxylic acids is 1. The fourth-order valence-corrected chi connectivity index (χ4v) is 5.35. The van der Waals surface area contributed by atoms with Gasteiger partial charge >= 0.3 is 0 Å². The van der Waals surface area contributed by atoms with Crippen molar-refractivity contribution in [2.24, 2.45) is 0 Å². The highest BCUT2D eigenvalue weighted by Crippen LogP contribution is 2.27. The van der Waals surface area contributed by atoms with Gasteiger partial charge in [0.25, 0.3) is 5.56 Å². The molecule has 0 aliphatic carbocycles. The predicted octanol–water partition coefficient (Wildman–Crippen LogP) is 5.11. The van der Waals surface area contributed by atoms with Crippen LogP contribution in [0.4, 0.5) is 0 Å². The van der Waals surface area contributed by atoms with E-state index in [0.29, 0.717) is 33.1 Å². The number of ketones is 1. The number of thioether (sulfide) groups is 1. The van der Waals surface area contributed by atoms with Gasteiger partial charge in [0, 0.05) is 22.2 Å². The van der Waals surface area contributed by atoms with Crippen LogP contribution < -0.4 is 5.56 Å². The Kier molecular flexibility index (Phi) is 5.04. The standard InChI is InChI=1S/C27H21N5O2S/c1-16-11-13-18(14-12-16)31-25(34)20-8-4-6-10-22(20)32-26(31)29-30-27(32)35-15-23(33)24-17(2)28-21-9-5-3-7-19(21)24/h3-14,28H,15H2,1-2H3. The molecule has 3 heterocycles. The first-order valence-electron chi connectivity index (χ1n) is 11.2. The minimum Gasteiger partial charge on any atom is -0.358 e. The quantitative estimate of drug-likeness (QED) is 0.274. The van der Waals surface area contributed by atoms with Crippen molar-refractivity contribution in [1.29, 1.82) is 0 Å². The number of aromatic nitrogens is 5. The van der Waals surface area contributed by atoms with Crippen molar-refractivity contribution in [1.82, 2.24) is 24.1 Å². The molecule has 0 atom stereocenters. The normalized spacial score (nSPS) is 11.6. The number of hydrogen-bond donors (Lipinski definition) is 1. The number of benzene rings is 3. The molecule has 172 valence electrons. The molecule has 3 aromatic heterocycles. The van der Waals surface area contributed by atoms with Gasteiger partial charge in [-0.2, -0.15) is 0 Å². The van der Waals surface area contributed by atoms with Crippen LogP contribution >= 0.6 is 11.8 Å². The maximum atomic E-state index is 13.4. The van der Waals surface area contributed by atoms with Gasteiger partial charge in [0.2, 0.25) is 5.78 Å². The van der Waals surface area contributed by atoms with E-state index in [4.69, 9.17) is 0 Å². The van der Waals surface area contributed by atoms with E-state index in [1.54, 1.807) is 10.6 Å². The zero-order valence-corrected chi connectivity index (χ0v) is 20.0. The zero-order chi connectivity index (χ0) is 24.1. The summed E-state index contributed by atoms with van der Waals surface area (Å²) in [6.45, 7) is 3.92. The number of para-hydroxylation sites is 2. The molecule has 0 saturated carbocycles. The van der Waals surface area contributed by atoms with Crippen LogP contribution in [-0.2, 0) is 0 Å². The Morgan fingerprint density at radius 2 is 1.63 bits per heavy atom. The van der Waals surface area contributed by atoms with Gasteiger partial charge in [0.15, 0.2) is 10.9 Å². The molecule has 0 amide bonds. The molecule has 0 unspecified atom stereocenters. The molecule has 7 nitrogen and oxygen atoms in total. The molecular formula is C27H21N5O2S. The second-order valence-electron chi connectivity index (χ2n) is 8.49. The maximum Gasteiger partial charge on any atom is 0.267 e. The Labute approximate surface area is 204 Å². The smallest absolute Gasteiger partial charge is 0.267 e. The number of carbonyl (C=O) groups is 1. The van der Waals surface area contributed by atoms with Gasteiger partial charge in [-0.05, 0) is 44.2 Å². The molecular weight excluding hydrogens is 458 g/mol. The van der Waals surface area contributed by atoms with Crippen molar-refractivity contribution in [2.45, 2.75) is 19.0 Å². The lowest BCUT2D eigenvalue weighted by Crippen LogP contribution is -2.21. The summed E-state index contributed by atoms with van der Waals surface area (Å²) in [5.74, 6) is 0.621. The number of Topliss-reactive ketones (excluding diaryl/α,β-unsaturated/α-hetero) is 1. The molecule has 0 fully saturated rings. The number of rotatable bonds is 5. The fraction of sp³-hybridized carbons (Fsp3) is 0.111. The number of H-pyrrole nitrogens is 1. The lowest BCUT2D eigenvalue weighted by atomic mass is 10.1. The SMILES string of the molecule is Cc1ccc(-n2c(=O)c3ccccc3n3c(SCC(=O)c4c(C)[nH]c5ccccc45)nnc23)cc1. The summed E-state index contributed by atoms with van der Waals surface area (Å²) in [6, 6.07) is 22.9. The fourth-order valence-electron chi connectivity index (χ4n) is 4.54. The Morgan fingerprint density at radius 3 is 2.43 bits per heavy atom. The first-order valence-corrected chi connectivity index (χ1v) is 12.2. The average molecular weight is 480 g/mol. The van der Waals surface area contributed by atoms with Crippen LogP contribution in [0.1, 0.15) is 21.6 Å². The van der Waals surface area contributed by atoms with Crippen LogP contribution in [0, 0.1) is 13.8 Å². The molecule has 0 radical (unpaired) electrons. The Balaban J connectivity index is 1.46. The molecule has 0 saturated heterocycles. The molecule has 0 bridgehead atoms. The molecule has 35 heavy (non-hydrogen) atoms.